The van der Waals surface area contributed by atoms with Gasteiger partial charge in [-0.1, -0.05) is 24.3 Å². The monoisotopic (exact) mass is 373 g/mol. The van der Waals surface area contributed by atoms with E-state index in [4.69, 9.17) is 4.74 Å². The fourth-order valence-electron chi connectivity index (χ4n) is 2.89. The highest BCUT2D eigenvalue weighted by Crippen LogP contribution is 2.44. The molecule has 2 N–H and O–H groups in total. The number of rotatable bonds is 5. The molecule has 0 aromatic heterocycles. The molecule has 0 radical (unpaired) electrons. The summed E-state index contributed by atoms with van der Waals surface area (Å²) in [6, 6.07) is 12.6. The van der Waals surface area contributed by atoms with Gasteiger partial charge in [0.05, 0.1) is 6.61 Å². The van der Waals surface area contributed by atoms with Crippen molar-refractivity contribution < 1.29 is 24.5 Å². The maximum atomic E-state index is 13.0. The van der Waals surface area contributed by atoms with E-state index in [1.807, 2.05) is 6.92 Å². The Bertz CT molecular complexity index is 811. The molecule has 1 fully saturated rings. The molecule has 1 saturated heterocycles. The van der Waals surface area contributed by atoms with Crippen LogP contribution < -0.4 is 4.74 Å². The van der Waals surface area contributed by atoms with E-state index in [1.165, 1.54) is 22.7 Å². The average molecular weight is 373 g/mol. The largest absolute Gasteiger partial charge is 0.504 e. The minimum atomic E-state index is -1.03. The number of carbonyl (C=O) groups excluding carboxylic acids is 1. The lowest BCUT2D eigenvalue weighted by atomic mass is 10.1. The number of ether oxygens (including phenoxy) is 1. The van der Waals surface area contributed by atoms with Crippen molar-refractivity contribution in [1.82, 2.24) is 4.90 Å². The summed E-state index contributed by atoms with van der Waals surface area (Å²) in [4.78, 5) is 26.1. The predicted molar refractivity (Wildman–Crippen MR) is 98.5 cm³/mol. The van der Waals surface area contributed by atoms with Crippen LogP contribution in [0.2, 0.25) is 0 Å². The Balaban J connectivity index is 1.99. The van der Waals surface area contributed by atoms with Gasteiger partial charge in [0, 0.05) is 11.3 Å². The lowest BCUT2D eigenvalue weighted by Crippen LogP contribution is -2.42. The van der Waals surface area contributed by atoms with E-state index in [-0.39, 0.29) is 11.7 Å². The number of nitrogens with zero attached hydrogens (tertiary/aromatic N) is 1. The van der Waals surface area contributed by atoms with E-state index in [0.29, 0.717) is 29.2 Å². The van der Waals surface area contributed by atoms with Crippen LogP contribution in [0.3, 0.4) is 0 Å². The van der Waals surface area contributed by atoms with E-state index in [2.05, 4.69) is 0 Å². The molecule has 7 heteroatoms. The van der Waals surface area contributed by atoms with E-state index in [9.17, 15) is 19.8 Å². The number of phenols is 1. The third kappa shape index (κ3) is 3.48. The summed E-state index contributed by atoms with van der Waals surface area (Å²) in [6.45, 7) is 2.20. The van der Waals surface area contributed by atoms with Gasteiger partial charge in [-0.2, -0.15) is 0 Å². The number of benzene rings is 2. The Kier molecular flexibility index (Phi) is 5.37. The number of phenolic OH excluding ortho intramolecular Hbond substituents is 1. The minimum Gasteiger partial charge on any atom is -0.504 e. The van der Waals surface area contributed by atoms with Gasteiger partial charge in [0.2, 0.25) is 0 Å². The maximum Gasteiger partial charge on any atom is 0.327 e. The standard InChI is InChI=1S/C19H19NO5S/c1-2-25-16-10-13(8-9-15(16)21)18-20(14(11-26-18)19(23)24)17(22)12-6-4-3-5-7-12/h3-10,14,18,21H,2,11H2,1H3,(H,23,24). The molecule has 3 rings (SSSR count). The molecule has 2 aromatic rings. The van der Waals surface area contributed by atoms with Crippen molar-refractivity contribution in [3.8, 4) is 11.5 Å². The molecule has 6 nitrogen and oxygen atoms in total. The molecule has 26 heavy (non-hydrogen) atoms. The normalized spacial score (nSPS) is 19.3. The zero-order chi connectivity index (χ0) is 18.7. The lowest BCUT2D eigenvalue weighted by molar-refractivity contribution is -0.141. The first kappa shape index (κ1) is 18.1. The predicted octanol–water partition coefficient (Wildman–Crippen LogP) is 3.13. The lowest BCUT2D eigenvalue weighted by Gasteiger charge is -2.28. The van der Waals surface area contributed by atoms with Gasteiger partial charge in [-0.25, -0.2) is 4.79 Å². The summed E-state index contributed by atoms with van der Waals surface area (Å²) in [5.41, 5.74) is 1.15. The van der Waals surface area contributed by atoms with Gasteiger partial charge in [0.1, 0.15) is 11.4 Å². The molecule has 0 aliphatic carbocycles. The Hall–Kier alpha value is -2.67. The zero-order valence-electron chi connectivity index (χ0n) is 14.2. The van der Waals surface area contributed by atoms with E-state index < -0.39 is 17.4 Å². The number of hydrogen-bond donors (Lipinski definition) is 2. The first-order valence-electron chi connectivity index (χ1n) is 8.20. The molecule has 1 aliphatic rings. The highest BCUT2D eigenvalue weighted by molar-refractivity contribution is 7.99. The van der Waals surface area contributed by atoms with Crippen molar-refractivity contribution in [2.75, 3.05) is 12.4 Å². The van der Waals surface area contributed by atoms with Crippen LogP contribution in [-0.2, 0) is 4.79 Å². The second-order valence-electron chi connectivity index (χ2n) is 5.78. The second kappa shape index (κ2) is 7.70. The zero-order valence-corrected chi connectivity index (χ0v) is 15.0. The molecule has 0 spiro atoms. The number of aliphatic carboxylic acids is 1. The number of carbonyl (C=O) groups is 2. The van der Waals surface area contributed by atoms with Crippen LogP contribution in [0.15, 0.2) is 48.5 Å². The highest BCUT2D eigenvalue weighted by atomic mass is 32.2. The molecule has 0 saturated carbocycles. The van der Waals surface area contributed by atoms with Gasteiger partial charge in [0.25, 0.3) is 5.91 Å². The summed E-state index contributed by atoms with van der Waals surface area (Å²) in [5.74, 6) is -0.749. The SMILES string of the molecule is CCOc1cc(C2SCC(C(=O)O)N2C(=O)c2ccccc2)ccc1O. The first-order chi connectivity index (χ1) is 12.5. The third-order valence-corrected chi connectivity index (χ3v) is 5.43. The first-order valence-corrected chi connectivity index (χ1v) is 9.25. The Labute approximate surface area is 155 Å². The van der Waals surface area contributed by atoms with Crippen LogP contribution in [-0.4, -0.2) is 45.4 Å². The quantitative estimate of drug-likeness (QED) is 0.837. The van der Waals surface area contributed by atoms with Crippen molar-refractivity contribution in [2.24, 2.45) is 0 Å². The summed E-state index contributed by atoms with van der Waals surface area (Å²) in [6.07, 6.45) is 0. The number of thioether (sulfide) groups is 1. The van der Waals surface area contributed by atoms with Crippen LogP contribution in [0.4, 0.5) is 0 Å². The summed E-state index contributed by atoms with van der Waals surface area (Å²) < 4.78 is 5.41. The van der Waals surface area contributed by atoms with Gasteiger partial charge < -0.3 is 19.8 Å². The van der Waals surface area contributed by atoms with Crippen LogP contribution in [0.25, 0.3) is 0 Å². The number of carboxylic acid groups (broad SMARTS) is 1. The molecule has 1 aliphatic heterocycles. The van der Waals surface area contributed by atoms with E-state index in [0.717, 1.165) is 0 Å². The number of carboxylic acids is 1. The Morgan fingerprint density at radius 2 is 1.96 bits per heavy atom. The molecular weight excluding hydrogens is 354 g/mol. The molecule has 2 aromatic carbocycles. The van der Waals surface area contributed by atoms with Crippen LogP contribution in [0.5, 0.6) is 11.5 Å². The molecule has 1 amide bonds. The molecule has 136 valence electrons. The van der Waals surface area contributed by atoms with Crippen molar-refractivity contribution in [1.29, 1.82) is 0 Å². The fourth-order valence-corrected chi connectivity index (χ4v) is 4.30. The van der Waals surface area contributed by atoms with E-state index >= 15 is 0 Å². The van der Waals surface area contributed by atoms with Gasteiger partial charge in [-0.05, 0) is 36.8 Å². The maximum absolute atomic E-state index is 13.0. The van der Waals surface area contributed by atoms with Gasteiger partial charge in [-0.15, -0.1) is 11.8 Å². The molecule has 2 unspecified atom stereocenters. The average Bonchev–Trinajstić information content (AvgIpc) is 3.09. The van der Waals surface area contributed by atoms with E-state index in [1.54, 1.807) is 42.5 Å². The van der Waals surface area contributed by atoms with Crippen LogP contribution >= 0.6 is 11.8 Å². The van der Waals surface area contributed by atoms with Gasteiger partial charge in [0.15, 0.2) is 11.5 Å². The summed E-state index contributed by atoms with van der Waals surface area (Å²) >= 11 is 1.38. The van der Waals surface area contributed by atoms with Crippen molar-refractivity contribution in [3.63, 3.8) is 0 Å². The molecule has 1 heterocycles. The smallest absolute Gasteiger partial charge is 0.327 e. The minimum absolute atomic E-state index is 0.00863. The van der Waals surface area contributed by atoms with Crippen molar-refractivity contribution in [3.05, 3.63) is 59.7 Å². The summed E-state index contributed by atoms with van der Waals surface area (Å²) in [7, 11) is 0. The molecule has 0 bridgehead atoms. The highest BCUT2D eigenvalue weighted by Gasteiger charge is 2.42. The van der Waals surface area contributed by atoms with Crippen LogP contribution in [0.1, 0.15) is 28.2 Å². The van der Waals surface area contributed by atoms with Crippen molar-refractivity contribution >= 4 is 23.6 Å². The molecule has 2 atom stereocenters. The van der Waals surface area contributed by atoms with Crippen LogP contribution in [0, 0.1) is 0 Å². The molecular formula is C19H19NO5S. The van der Waals surface area contributed by atoms with Crippen molar-refractivity contribution in [2.45, 2.75) is 18.3 Å². The Morgan fingerprint density at radius 1 is 1.23 bits per heavy atom. The Morgan fingerprint density at radius 3 is 2.62 bits per heavy atom. The number of amides is 1. The number of aromatic hydroxyl groups is 1. The second-order valence-corrected chi connectivity index (χ2v) is 6.89. The third-order valence-electron chi connectivity index (χ3n) is 4.11. The summed E-state index contributed by atoms with van der Waals surface area (Å²) in [5, 5.41) is 19.0. The fraction of sp³-hybridized carbons (Fsp3) is 0.263. The number of hydrogen-bond acceptors (Lipinski definition) is 5. The topological polar surface area (TPSA) is 87.1 Å². The van der Waals surface area contributed by atoms with Gasteiger partial charge >= 0.3 is 5.97 Å². The van der Waals surface area contributed by atoms with Gasteiger partial charge in [-0.3, -0.25) is 4.79 Å².